The van der Waals surface area contributed by atoms with Gasteiger partial charge in [-0.15, -0.1) is 0 Å². The molecule has 3 rings (SSSR count). The molecular weight excluding hydrogens is 462 g/mol. The average molecular weight is 498 g/mol. The number of nitrogens with one attached hydrogen (secondary N) is 1. The summed E-state index contributed by atoms with van der Waals surface area (Å²) in [5.41, 5.74) is -0.508. The second-order valence-corrected chi connectivity index (χ2v) is 11.6. The summed E-state index contributed by atoms with van der Waals surface area (Å²) in [5, 5.41) is 19.6. The molecule has 11 nitrogen and oxygen atoms in total. The van der Waals surface area contributed by atoms with Gasteiger partial charge >= 0.3 is 6.09 Å². The summed E-state index contributed by atoms with van der Waals surface area (Å²) in [6.45, 7) is 9.16. The molecule has 2 aliphatic rings. The van der Waals surface area contributed by atoms with Gasteiger partial charge < -0.3 is 15.0 Å². The first-order valence-corrected chi connectivity index (χ1v) is 13.2. The fourth-order valence-corrected chi connectivity index (χ4v) is 5.09. The number of hydrogen-bond donors (Lipinski definition) is 2. The van der Waals surface area contributed by atoms with Crippen LogP contribution >= 0.6 is 0 Å². The van der Waals surface area contributed by atoms with E-state index < -0.39 is 20.5 Å². The van der Waals surface area contributed by atoms with Crippen molar-refractivity contribution >= 4 is 27.5 Å². The van der Waals surface area contributed by atoms with Crippen molar-refractivity contribution < 1.29 is 22.9 Å². The molecule has 1 saturated carbocycles. The van der Waals surface area contributed by atoms with Crippen LogP contribution in [0, 0.1) is 16.0 Å². The number of nitro benzene ring substituents is 1. The van der Waals surface area contributed by atoms with Crippen molar-refractivity contribution in [3.8, 4) is 0 Å². The second-order valence-electron chi connectivity index (χ2n) is 10.0. The maximum absolute atomic E-state index is 12.3. The van der Waals surface area contributed by atoms with E-state index in [1.807, 2.05) is 20.8 Å². The fraction of sp³-hybridized carbons (Fsp3) is 0.682. The summed E-state index contributed by atoms with van der Waals surface area (Å²) in [6, 6.07) is 4.14. The molecule has 34 heavy (non-hydrogen) atoms. The molecule has 190 valence electrons. The molecule has 1 aliphatic heterocycles. The van der Waals surface area contributed by atoms with Crippen LogP contribution in [-0.2, 0) is 14.8 Å². The van der Waals surface area contributed by atoms with Crippen LogP contribution in [-0.4, -0.2) is 73.6 Å². The van der Waals surface area contributed by atoms with E-state index in [-0.39, 0.29) is 22.4 Å². The third kappa shape index (κ3) is 7.03. The molecule has 0 spiro atoms. The number of nitro groups is 1. The number of rotatable bonds is 6. The molecule has 1 aliphatic carbocycles. The van der Waals surface area contributed by atoms with E-state index in [4.69, 9.17) is 9.88 Å². The van der Waals surface area contributed by atoms with Crippen LogP contribution in [0.2, 0.25) is 0 Å². The zero-order chi connectivity index (χ0) is 25.1. The van der Waals surface area contributed by atoms with Crippen molar-refractivity contribution in [3.63, 3.8) is 0 Å². The minimum absolute atomic E-state index is 0.256. The lowest BCUT2D eigenvalue weighted by Gasteiger charge is -2.42. The summed E-state index contributed by atoms with van der Waals surface area (Å²) in [4.78, 5) is 27.0. The number of hydrogen-bond acceptors (Lipinski definition) is 8. The molecule has 2 fully saturated rings. The monoisotopic (exact) mass is 497 g/mol. The van der Waals surface area contributed by atoms with Gasteiger partial charge in [0.15, 0.2) is 0 Å². The van der Waals surface area contributed by atoms with Crippen LogP contribution in [0.5, 0.6) is 0 Å². The Bertz CT molecular complexity index is 994. The highest BCUT2D eigenvalue weighted by Gasteiger charge is 2.31. The van der Waals surface area contributed by atoms with Gasteiger partial charge in [-0.25, -0.2) is 18.4 Å². The quantitative estimate of drug-likeness (QED) is 0.450. The van der Waals surface area contributed by atoms with Crippen molar-refractivity contribution in [1.29, 1.82) is 0 Å². The van der Waals surface area contributed by atoms with Crippen molar-refractivity contribution in [1.82, 2.24) is 9.80 Å². The molecule has 0 atom stereocenters. The number of amides is 1. The summed E-state index contributed by atoms with van der Waals surface area (Å²) in [6.07, 6.45) is 3.80. The maximum atomic E-state index is 12.3. The topological polar surface area (TPSA) is 148 Å². The highest BCUT2D eigenvalue weighted by atomic mass is 32.2. The smallest absolute Gasteiger partial charge is 0.410 e. The van der Waals surface area contributed by atoms with E-state index in [1.54, 1.807) is 4.90 Å². The molecule has 1 saturated heterocycles. The molecule has 0 radical (unpaired) electrons. The van der Waals surface area contributed by atoms with Gasteiger partial charge in [-0.3, -0.25) is 15.0 Å². The van der Waals surface area contributed by atoms with Gasteiger partial charge in [0.25, 0.3) is 5.69 Å². The molecule has 1 amide bonds. The molecule has 0 aromatic heterocycles. The number of carbonyl (C=O) groups excluding carboxylic acids is 1. The van der Waals surface area contributed by atoms with Crippen molar-refractivity contribution in [2.45, 2.75) is 63.0 Å². The highest BCUT2D eigenvalue weighted by Crippen LogP contribution is 2.31. The minimum atomic E-state index is -4.01. The largest absolute Gasteiger partial charge is 0.444 e. The van der Waals surface area contributed by atoms with E-state index in [2.05, 4.69) is 10.2 Å². The first kappa shape index (κ1) is 26.2. The van der Waals surface area contributed by atoms with Crippen molar-refractivity contribution in [2.24, 2.45) is 11.1 Å². The van der Waals surface area contributed by atoms with Gasteiger partial charge in [-0.1, -0.05) is 0 Å². The first-order chi connectivity index (χ1) is 15.8. The number of benzene rings is 1. The zero-order valence-electron chi connectivity index (χ0n) is 20.0. The summed E-state index contributed by atoms with van der Waals surface area (Å²) in [7, 11) is -4.01. The predicted molar refractivity (Wildman–Crippen MR) is 128 cm³/mol. The number of carbonyl (C=O) groups is 1. The molecule has 0 bridgehead atoms. The van der Waals surface area contributed by atoms with Crippen LogP contribution in [0.15, 0.2) is 23.1 Å². The third-order valence-corrected chi connectivity index (χ3v) is 7.29. The Hall–Kier alpha value is -2.44. The van der Waals surface area contributed by atoms with Gasteiger partial charge in [0, 0.05) is 44.8 Å². The Morgan fingerprint density at radius 1 is 1.18 bits per heavy atom. The molecule has 12 heteroatoms. The number of ether oxygens (including phenoxy) is 1. The molecular formula is C22H35N5O6S. The number of nitrogens with zero attached hydrogens (tertiary/aromatic N) is 3. The lowest BCUT2D eigenvalue weighted by molar-refractivity contribution is -0.384. The van der Waals surface area contributed by atoms with Gasteiger partial charge in [0.05, 0.1) is 9.82 Å². The molecule has 0 unspecified atom stereocenters. The van der Waals surface area contributed by atoms with Crippen molar-refractivity contribution in [2.75, 3.05) is 38.0 Å². The molecule has 1 aromatic rings. The lowest BCUT2D eigenvalue weighted by atomic mass is 9.85. The molecule has 1 aromatic carbocycles. The van der Waals surface area contributed by atoms with E-state index in [1.165, 1.54) is 12.1 Å². The Labute approximate surface area is 200 Å². The number of nitrogens with two attached hydrogens (primary N) is 1. The Morgan fingerprint density at radius 3 is 2.32 bits per heavy atom. The van der Waals surface area contributed by atoms with Crippen LogP contribution in [0.25, 0.3) is 0 Å². The highest BCUT2D eigenvalue weighted by molar-refractivity contribution is 7.89. The Morgan fingerprint density at radius 2 is 1.79 bits per heavy atom. The summed E-state index contributed by atoms with van der Waals surface area (Å²) >= 11 is 0. The molecule has 3 N–H and O–H groups in total. The predicted octanol–water partition coefficient (Wildman–Crippen LogP) is 2.77. The Kier molecular flexibility index (Phi) is 8.04. The van der Waals surface area contributed by atoms with Gasteiger partial charge in [0.1, 0.15) is 11.3 Å². The number of anilines is 1. The average Bonchev–Trinajstić information content (AvgIpc) is 2.76. The lowest BCUT2D eigenvalue weighted by Crippen LogP contribution is -2.53. The van der Waals surface area contributed by atoms with E-state index in [0.29, 0.717) is 31.6 Å². The normalized spacial score (nSPS) is 22.3. The van der Waals surface area contributed by atoms with Gasteiger partial charge in [-0.2, -0.15) is 0 Å². The van der Waals surface area contributed by atoms with Gasteiger partial charge in [0.2, 0.25) is 10.0 Å². The van der Waals surface area contributed by atoms with Gasteiger partial charge in [-0.05, 0) is 64.5 Å². The van der Waals surface area contributed by atoms with E-state index in [9.17, 15) is 23.3 Å². The number of primary sulfonamides is 1. The second kappa shape index (κ2) is 10.4. The summed E-state index contributed by atoms with van der Waals surface area (Å²) < 4.78 is 28.5. The molecule has 1 heterocycles. The van der Waals surface area contributed by atoms with Crippen LogP contribution < -0.4 is 10.5 Å². The first-order valence-electron chi connectivity index (χ1n) is 11.6. The maximum Gasteiger partial charge on any atom is 0.410 e. The summed E-state index contributed by atoms with van der Waals surface area (Å²) in [5.74, 6) is 0.372. The van der Waals surface area contributed by atoms with Crippen molar-refractivity contribution in [3.05, 3.63) is 28.3 Å². The van der Waals surface area contributed by atoms with Crippen LogP contribution in [0.4, 0.5) is 16.2 Å². The minimum Gasteiger partial charge on any atom is -0.444 e. The third-order valence-electron chi connectivity index (χ3n) is 6.37. The van der Waals surface area contributed by atoms with Crippen LogP contribution in [0.3, 0.4) is 0 Å². The Balaban J connectivity index is 1.46. The number of piperazine rings is 1. The number of sulfonamides is 1. The zero-order valence-corrected chi connectivity index (χ0v) is 20.8. The van der Waals surface area contributed by atoms with E-state index in [0.717, 1.165) is 44.8 Å². The van der Waals surface area contributed by atoms with E-state index >= 15 is 0 Å². The standard InChI is InChI=1S/C22H35N5O6S/c1-22(2,3)33-21(28)26-12-10-25(11-13-26)17-6-4-16(5-7-17)15-24-19-9-8-18(34(23,31)32)14-20(19)27(29)30/h8-9,14,16-17,24H,4-7,10-13,15H2,1-3H3,(H2,23,31,32). The fourth-order valence-electron chi connectivity index (χ4n) is 4.55. The van der Waals surface area contributed by atoms with Crippen LogP contribution in [0.1, 0.15) is 46.5 Å². The SMILES string of the molecule is CC(C)(C)OC(=O)N1CCN(C2CCC(CNc3ccc(S(N)(=O)=O)cc3[N+](=O)[O-])CC2)CC1.